The molecule has 0 unspecified atom stereocenters. The van der Waals surface area contributed by atoms with E-state index in [1.54, 1.807) is 19.0 Å². The van der Waals surface area contributed by atoms with E-state index in [2.05, 4.69) is 19.9 Å². The number of rotatable bonds is 1. The first-order valence-electron chi connectivity index (χ1n) is 5.17. The third kappa shape index (κ3) is 2.50. The van der Waals surface area contributed by atoms with Gasteiger partial charge >= 0.3 is 6.03 Å². The number of carbonyl (C=O) groups excluding carboxylic acids is 1. The van der Waals surface area contributed by atoms with Crippen LogP contribution in [0.2, 0.25) is 0 Å². The number of hydrogen-bond acceptors (Lipinski definition) is 1. The molecule has 0 aliphatic carbocycles. The van der Waals surface area contributed by atoms with Gasteiger partial charge in [0.25, 0.3) is 0 Å². The van der Waals surface area contributed by atoms with Gasteiger partial charge in [-0.15, -0.1) is 0 Å². The van der Waals surface area contributed by atoms with Crippen LogP contribution in [-0.2, 0) is 0 Å². The fraction of sp³-hybridized carbons (Fsp3) is 0.727. The van der Waals surface area contributed by atoms with Crippen molar-refractivity contribution in [2.24, 2.45) is 5.92 Å². The highest BCUT2D eigenvalue weighted by Crippen LogP contribution is 2.18. The summed E-state index contributed by atoms with van der Waals surface area (Å²) in [4.78, 5) is 15.1. The normalized spacial score (nSPS) is 16.9. The minimum Gasteiger partial charge on any atom is -0.331 e. The molecule has 0 saturated carbocycles. The molecule has 0 fully saturated rings. The van der Waals surface area contributed by atoms with Gasteiger partial charge in [-0.05, 0) is 12.3 Å². The summed E-state index contributed by atoms with van der Waals surface area (Å²) in [7, 11) is 3.59. The van der Waals surface area contributed by atoms with Gasteiger partial charge in [0, 0.05) is 27.2 Å². The highest BCUT2D eigenvalue weighted by Gasteiger charge is 2.19. The SMILES string of the molecule is CC(C)C1=CCN(C(=O)N(C)C)CC1. The van der Waals surface area contributed by atoms with Crippen LogP contribution in [0.5, 0.6) is 0 Å². The van der Waals surface area contributed by atoms with Crippen LogP contribution in [0, 0.1) is 5.92 Å². The molecule has 0 bridgehead atoms. The van der Waals surface area contributed by atoms with Gasteiger partial charge in [0.15, 0.2) is 0 Å². The molecule has 0 aromatic carbocycles. The molecule has 1 aliphatic rings. The summed E-state index contributed by atoms with van der Waals surface area (Å²) >= 11 is 0. The summed E-state index contributed by atoms with van der Waals surface area (Å²) in [6, 6.07) is 0.115. The third-order valence-corrected chi connectivity index (χ3v) is 2.64. The van der Waals surface area contributed by atoms with E-state index < -0.39 is 0 Å². The van der Waals surface area contributed by atoms with Gasteiger partial charge < -0.3 is 9.80 Å². The van der Waals surface area contributed by atoms with Crippen LogP contribution in [0.3, 0.4) is 0 Å². The Bertz CT molecular complexity index is 244. The Balaban J connectivity index is 2.54. The van der Waals surface area contributed by atoms with Gasteiger partial charge in [0.05, 0.1) is 0 Å². The van der Waals surface area contributed by atoms with Crippen molar-refractivity contribution >= 4 is 6.03 Å². The van der Waals surface area contributed by atoms with E-state index in [-0.39, 0.29) is 6.03 Å². The predicted molar refractivity (Wildman–Crippen MR) is 58.2 cm³/mol. The summed E-state index contributed by atoms with van der Waals surface area (Å²) in [5.41, 5.74) is 1.48. The fourth-order valence-corrected chi connectivity index (χ4v) is 1.67. The van der Waals surface area contributed by atoms with Crippen LogP contribution < -0.4 is 0 Å². The second kappa shape index (κ2) is 4.49. The van der Waals surface area contributed by atoms with Gasteiger partial charge in [-0.1, -0.05) is 25.5 Å². The molecule has 0 atom stereocenters. The summed E-state index contributed by atoms with van der Waals surface area (Å²) < 4.78 is 0. The summed E-state index contributed by atoms with van der Waals surface area (Å²) in [5.74, 6) is 0.617. The summed E-state index contributed by atoms with van der Waals surface area (Å²) in [6.07, 6.45) is 3.22. The maximum absolute atomic E-state index is 11.6. The quantitative estimate of drug-likeness (QED) is 0.588. The zero-order chi connectivity index (χ0) is 10.7. The Morgan fingerprint density at radius 1 is 1.50 bits per heavy atom. The Morgan fingerprint density at radius 3 is 2.50 bits per heavy atom. The number of amides is 2. The highest BCUT2D eigenvalue weighted by atomic mass is 16.2. The smallest absolute Gasteiger partial charge is 0.319 e. The summed E-state index contributed by atoms with van der Waals surface area (Å²) in [6.45, 7) is 6.04. The van der Waals surface area contributed by atoms with Crippen molar-refractivity contribution in [1.29, 1.82) is 0 Å². The Labute approximate surface area is 86.4 Å². The average molecular weight is 196 g/mol. The van der Waals surface area contributed by atoms with E-state index in [9.17, 15) is 4.79 Å². The molecule has 0 saturated heterocycles. The van der Waals surface area contributed by atoms with E-state index in [4.69, 9.17) is 0 Å². The van der Waals surface area contributed by atoms with Crippen molar-refractivity contribution in [1.82, 2.24) is 9.80 Å². The lowest BCUT2D eigenvalue weighted by atomic mass is 9.97. The van der Waals surface area contributed by atoms with E-state index in [1.807, 2.05) is 4.90 Å². The number of carbonyl (C=O) groups is 1. The Hall–Kier alpha value is -0.990. The molecule has 0 N–H and O–H groups in total. The second-order valence-electron chi connectivity index (χ2n) is 4.31. The molecule has 0 aromatic rings. The molecule has 1 aliphatic heterocycles. The standard InChI is InChI=1S/C11H20N2O/c1-9(2)10-5-7-13(8-6-10)11(14)12(3)4/h5,9H,6-8H2,1-4H3. The van der Waals surface area contributed by atoms with E-state index in [1.165, 1.54) is 5.57 Å². The molecule has 1 rings (SSSR count). The molecule has 0 aromatic heterocycles. The van der Waals surface area contributed by atoms with Crippen LogP contribution in [0.15, 0.2) is 11.6 Å². The lowest BCUT2D eigenvalue weighted by Gasteiger charge is -2.30. The van der Waals surface area contributed by atoms with Crippen molar-refractivity contribution in [2.45, 2.75) is 20.3 Å². The zero-order valence-electron chi connectivity index (χ0n) is 9.58. The third-order valence-electron chi connectivity index (χ3n) is 2.64. The van der Waals surface area contributed by atoms with Crippen LogP contribution in [-0.4, -0.2) is 43.0 Å². The van der Waals surface area contributed by atoms with Gasteiger partial charge in [-0.3, -0.25) is 0 Å². The first kappa shape index (κ1) is 11.1. The minimum atomic E-state index is 0.115. The van der Waals surface area contributed by atoms with Crippen molar-refractivity contribution in [3.8, 4) is 0 Å². The molecule has 14 heavy (non-hydrogen) atoms. The van der Waals surface area contributed by atoms with Gasteiger partial charge in [-0.25, -0.2) is 4.79 Å². The first-order chi connectivity index (χ1) is 6.52. The Morgan fingerprint density at radius 2 is 2.14 bits per heavy atom. The molecule has 2 amide bonds. The molecule has 3 nitrogen and oxygen atoms in total. The number of urea groups is 1. The van der Waals surface area contributed by atoms with Gasteiger partial charge in [-0.2, -0.15) is 0 Å². The van der Waals surface area contributed by atoms with Crippen molar-refractivity contribution in [3.05, 3.63) is 11.6 Å². The first-order valence-corrected chi connectivity index (χ1v) is 5.17. The summed E-state index contributed by atoms with van der Waals surface area (Å²) in [5, 5.41) is 0. The van der Waals surface area contributed by atoms with Gasteiger partial charge in [0.2, 0.25) is 0 Å². The van der Waals surface area contributed by atoms with Crippen molar-refractivity contribution < 1.29 is 4.79 Å². The molecule has 0 radical (unpaired) electrons. The lowest BCUT2D eigenvalue weighted by Crippen LogP contribution is -2.41. The Kier molecular flexibility index (Phi) is 3.55. The molecular formula is C11H20N2O. The van der Waals surface area contributed by atoms with Crippen LogP contribution in [0.25, 0.3) is 0 Å². The molecule has 3 heteroatoms. The predicted octanol–water partition coefficient (Wildman–Crippen LogP) is 1.96. The maximum Gasteiger partial charge on any atom is 0.319 e. The highest BCUT2D eigenvalue weighted by molar-refractivity contribution is 5.74. The van der Waals surface area contributed by atoms with Crippen LogP contribution in [0.1, 0.15) is 20.3 Å². The second-order valence-corrected chi connectivity index (χ2v) is 4.31. The molecule has 1 heterocycles. The molecule has 80 valence electrons. The fourth-order valence-electron chi connectivity index (χ4n) is 1.67. The van der Waals surface area contributed by atoms with E-state index in [0.29, 0.717) is 5.92 Å². The minimum absolute atomic E-state index is 0.115. The van der Waals surface area contributed by atoms with E-state index >= 15 is 0 Å². The van der Waals surface area contributed by atoms with E-state index in [0.717, 1.165) is 19.5 Å². The lowest BCUT2D eigenvalue weighted by molar-refractivity contribution is 0.174. The number of nitrogens with zero attached hydrogens (tertiary/aromatic N) is 2. The molecule has 0 spiro atoms. The van der Waals surface area contributed by atoms with Crippen LogP contribution >= 0.6 is 0 Å². The van der Waals surface area contributed by atoms with Crippen molar-refractivity contribution in [2.75, 3.05) is 27.2 Å². The maximum atomic E-state index is 11.6. The van der Waals surface area contributed by atoms with Crippen molar-refractivity contribution in [3.63, 3.8) is 0 Å². The monoisotopic (exact) mass is 196 g/mol. The zero-order valence-corrected chi connectivity index (χ0v) is 9.58. The average Bonchev–Trinajstić information content (AvgIpc) is 2.16. The van der Waals surface area contributed by atoms with Crippen LogP contribution in [0.4, 0.5) is 4.79 Å². The molecular weight excluding hydrogens is 176 g/mol. The largest absolute Gasteiger partial charge is 0.331 e. The topological polar surface area (TPSA) is 23.6 Å². The van der Waals surface area contributed by atoms with Gasteiger partial charge in [0.1, 0.15) is 0 Å². The number of hydrogen-bond donors (Lipinski definition) is 0.